The number of carbonyl (C=O) groups excluding carboxylic acids is 1. The number of hydrogen-bond acceptors (Lipinski definition) is 3. The van der Waals surface area contributed by atoms with Crippen molar-refractivity contribution in [2.24, 2.45) is 0 Å². The van der Waals surface area contributed by atoms with E-state index in [2.05, 4.69) is 16.3 Å². The van der Waals surface area contributed by atoms with Crippen molar-refractivity contribution in [1.29, 1.82) is 0 Å². The maximum Gasteiger partial charge on any atom is 0.224 e. The molecule has 0 aliphatic heterocycles. The van der Waals surface area contributed by atoms with Gasteiger partial charge in [0.15, 0.2) is 0 Å². The van der Waals surface area contributed by atoms with Crippen molar-refractivity contribution >= 4 is 5.91 Å². The first kappa shape index (κ1) is 17.5. The molecule has 0 saturated carbocycles. The summed E-state index contributed by atoms with van der Waals surface area (Å²) in [4.78, 5) is 14.1. The third-order valence-electron chi connectivity index (χ3n) is 3.79. The number of hydrogen-bond donors (Lipinski definition) is 1. The van der Waals surface area contributed by atoms with E-state index in [1.165, 1.54) is 0 Å². The van der Waals surface area contributed by atoms with Gasteiger partial charge in [0, 0.05) is 6.54 Å². The Kier molecular flexibility index (Phi) is 6.69. The lowest BCUT2D eigenvalue weighted by Gasteiger charge is -2.16. The predicted octanol–water partition coefficient (Wildman–Crippen LogP) is 2.23. The fourth-order valence-electron chi connectivity index (χ4n) is 2.50. The molecule has 21 heavy (non-hydrogen) atoms. The standard InChI is InChI=1S/C17H28N2O2/c1-12-10-15(13(2)14(3)17(12)21-6)11-16(20)18-8-7-9-19(4)5/h10H,7-9,11H2,1-6H3,(H,18,20). The van der Waals surface area contributed by atoms with E-state index in [1.807, 2.05) is 34.9 Å². The molecule has 1 rings (SSSR count). The van der Waals surface area contributed by atoms with Gasteiger partial charge in [0.2, 0.25) is 5.91 Å². The normalized spacial score (nSPS) is 10.8. The predicted molar refractivity (Wildman–Crippen MR) is 87.1 cm³/mol. The molecule has 0 radical (unpaired) electrons. The SMILES string of the molecule is COc1c(C)cc(CC(=O)NCCCN(C)C)c(C)c1C. The van der Waals surface area contributed by atoms with Gasteiger partial charge in [0.05, 0.1) is 13.5 Å². The Morgan fingerprint density at radius 1 is 1.24 bits per heavy atom. The maximum absolute atomic E-state index is 12.0. The molecule has 118 valence electrons. The summed E-state index contributed by atoms with van der Waals surface area (Å²) in [6, 6.07) is 2.06. The summed E-state index contributed by atoms with van der Waals surface area (Å²) < 4.78 is 5.41. The van der Waals surface area contributed by atoms with E-state index < -0.39 is 0 Å². The quantitative estimate of drug-likeness (QED) is 0.784. The molecule has 1 aromatic carbocycles. The molecule has 0 atom stereocenters. The maximum atomic E-state index is 12.0. The van der Waals surface area contributed by atoms with Crippen LogP contribution in [0.5, 0.6) is 5.75 Å². The number of carbonyl (C=O) groups is 1. The van der Waals surface area contributed by atoms with Crippen molar-refractivity contribution in [3.05, 3.63) is 28.3 Å². The number of methoxy groups -OCH3 is 1. The summed E-state index contributed by atoms with van der Waals surface area (Å²) in [5.41, 5.74) is 4.42. The lowest BCUT2D eigenvalue weighted by Crippen LogP contribution is -2.28. The Morgan fingerprint density at radius 3 is 2.48 bits per heavy atom. The molecule has 4 nitrogen and oxygen atoms in total. The molecule has 4 heteroatoms. The number of nitrogens with one attached hydrogen (secondary N) is 1. The van der Waals surface area contributed by atoms with Crippen molar-refractivity contribution in [2.75, 3.05) is 34.3 Å². The second kappa shape index (κ2) is 8.03. The topological polar surface area (TPSA) is 41.6 Å². The minimum Gasteiger partial charge on any atom is -0.496 e. The van der Waals surface area contributed by atoms with Gasteiger partial charge in [0.25, 0.3) is 0 Å². The van der Waals surface area contributed by atoms with E-state index in [-0.39, 0.29) is 5.91 Å². The number of ether oxygens (including phenoxy) is 1. The van der Waals surface area contributed by atoms with Crippen molar-refractivity contribution in [1.82, 2.24) is 10.2 Å². The van der Waals surface area contributed by atoms with E-state index in [1.54, 1.807) is 7.11 Å². The molecular formula is C17H28N2O2. The lowest BCUT2D eigenvalue weighted by molar-refractivity contribution is -0.120. The van der Waals surface area contributed by atoms with Gasteiger partial charge >= 0.3 is 0 Å². The molecule has 0 aliphatic rings. The van der Waals surface area contributed by atoms with Gasteiger partial charge in [-0.15, -0.1) is 0 Å². The number of aryl methyl sites for hydroxylation is 1. The summed E-state index contributed by atoms with van der Waals surface area (Å²) in [5, 5.41) is 2.98. The molecule has 0 saturated heterocycles. The molecule has 0 unspecified atom stereocenters. The van der Waals surface area contributed by atoms with Gasteiger partial charge in [0.1, 0.15) is 5.75 Å². The molecule has 1 aromatic rings. The van der Waals surface area contributed by atoms with Crippen molar-refractivity contribution in [3.63, 3.8) is 0 Å². The number of nitrogens with zero attached hydrogens (tertiary/aromatic N) is 1. The highest BCUT2D eigenvalue weighted by molar-refractivity contribution is 5.79. The van der Waals surface area contributed by atoms with Crippen LogP contribution in [-0.4, -0.2) is 45.1 Å². The minimum absolute atomic E-state index is 0.0841. The highest BCUT2D eigenvalue weighted by Gasteiger charge is 2.13. The first-order valence-corrected chi connectivity index (χ1v) is 7.42. The monoisotopic (exact) mass is 292 g/mol. The van der Waals surface area contributed by atoms with E-state index in [0.29, 0.717) is 6.42 Å². The average Bonchev–Trinajstić information content (AvgIpc) is 2.41. The summed E-state index contributed by atoms with van der Waals surface area (Å²) in [5.74, 6) is 1.00. The van der Waals surface area contributed by atoms with Crippen LogP contribution < -0.4 is 10.1 Å². The smallest absolute Gasteiger partial charge is 0.224 e. The lowest BCUT2D eigenvalue weighted by atomic mass is 9.96. The van der Waals surface area contributed by atoms with Crippen molar-refractivity contribution in [3.8, 4) is 5.75 Å². The fraction of sp³-hybridized carbons (Fsp3) is 0.588. The molecular weight excluding hydrogens is 264 g/mol. The molecule has 0 spiro atoms. The fourth-order valence-corrected chi connectivity index (χ4v) is 2.50. The van der Waals surface area contributed by atoms with Crippen LogP contribution in [0.4, 0.5) is 0 Å². The van der Waals surface area contributed by atoms with Gasteiger partial charge in [-0.1, -0.05) is 6.07 Å². The van der Waals surface area contributed by atoms with Crippen LogP contribution in [0.3, 0.4) is 0 Å². The summed E-state index contributed by atoms with van der Waals surface area (Å²) >= 11 is 0. The highest BCUT2D eigenvalue weighted by Crippen LogP contribution is 2.28. The number of amides is 1. The molecule has 1 N–H and O–H groups in total. The second-order valence-electron chi connectivity index (χ2n) is 5.82. The zero-order chi connectivity index (χ0) is 16.0. The minimum atomic E-state index is 0.0841. The van der Waals surface area contributed by atoms with Crippen LogP contribution in [-0.2, 0) is 11.2 Å². The third-order valence-corrected chi connectivity index (χ3v) is 3.79. The summed E-state index contributed by atoms with van der Waals surface area (Å²) in [7, 11) is 5.76. The zero-order valence-electron chi connectivity index (χ0n) is 14.2. The molecule has 0 aliphatic carbocycles. The zero-order valence-corrected chi connectivity index (χ0v) is 14.2. The van der Waals surface area contributed by atoms with Crippen molar-refractivity contribution < 1.29 is 9.53 Å². The molecule has 0 bridgehead atoms. The van der Waals surface area contributed by atoms with Crippen molar-refractivity contribution in [2.45, 2.75) is 33.6 Å². The Bertz CT molecular complexity index is 496. The van der Waals surface area contributed by atoms with E-state index in [9.17, 15) is 4.79 Å². The molecule has 0 fully saturated rings. The van der Waals surface area contributed by atoms with E-state index in [0.717, 1.165) is 47.5 Å². The first-order valence-electron chi connectivity index (χ1n) is 7.42. The van der Waals surface area contributed by atoms with Gasteiger partial charge in [-0.05, 0) is 70.1 Å². The van der Waals surface area contributed by atoms with Gasteiger partial charge in [-0.2, -0.15) is 0 Å². The second-order valence-corrected chi connectivity index (χ2v) is 5.82. The first-order chi connectivity index (χ1) is 9.86. The summed E-state index contributed by atoms with van der Waals surface area (Å²) in [6.07, 6.45) is 1.40. The third kappa shape index (κ3) is 5.05. The Morgan fingerprint density at radius 2 is 1.90 bits per heavy atom. The molecule has 1 amide bonds. The largest absolute Gasteiger partial charge is 0.496 e. The Hall–Kier alpha value is -1.55. The molecule has 0 aromatic heterocycles. The molecule has 0 heterocycles. The van der Waals surface area contributed by atoms with E-state index >= 15 is 0 Å². The van der Waals surface area contributed by atoms with Crippen LogP contribution in [0.1, 0.15) is 28.7 Å². The average molecular weight is 292 g/mol. The number of benzene rings is 1. The Labute approximate surface area is 128 Å². The van der Waals surface area contributed by atoms with E-state index in [4.69, 9.17) is 4.74 Å². The Balaban J connectivity index is 2.64. The van der Waals surface area contributed by atoms with Crippen LogP contribution in [0.2, 0.25) is 0 Å². The van der Waals surface area contributed by atoms with Gasteiger partial charge < -0.3 is 15.0 Å². The van der Waals surface area contributed by atoms with Gasteiger partial charge in [-0.3, -0.25) is 4.79 Å². The van der Waals surface area contributed by atoms with Crippen LogP contribution in [0, 0.1) is 20.8 Å². The van der Waals surface area contributed by atoms with Crippen LogP contribution in [0.25, 0.3) is 0 Å². The van der Waals surface area contributed by atoms with Gasteiger partial charge in [-0.25, -0.2) is 0 Å². The summed E-state index contributed by atoms with van der Waals surface area (Å²) in [6.45, 7) is 7.82. The van der Waals surface area contributed by atoms with Crippen LogP contribution >= 0.6 is 0 Å². The van der Waals surface area contributed by atoms with Crippen LogP contribution in [0.15, 0.2) is 6.07 Å². The number of rotatable bonds is 7. The highest BCUT2D eigenvalue weighted by atomic mass is 16.5.